The van der Waals surface area contributed by atoms with Crippen molar-refractivity contribution in [3.8, 4) is 0 Å². The third kappa shape index (κ3) is 2.45. The zero-order valence-electron chi connectivity index (χ0n) is 14.5. The Hall–Kier alpha value is -2.57. The van der Waals surface area contributed by atoms with Crippen molar-refractivity contribution in [3.63, 3.8) is 0 Å². The molecule has 7 heteroatoms. The molecule has 0 radical (unpaired) electrons. The quantitative estimate of drug-likeness (QED) is 0.832. The van der Waals surface area contributed by atoms with Crippen molar-refractivity contribution in [1.82, 2.24) is 19.6 Å². The number of furan rings is 1. The maximum absolute atomic E-state index is 12.5. The summed E-state index contributed by atoms with van der Waals surface area (Å²) in [5, 5.41) is 4.28. The molecule has 2 aromatic rings. The molecule has 2 aliphatic heterocycles. The second-order valence-electron chi connectivity index (χ2n) is 7.03. The number of hydrogen-bond donors (Lipinski definition) is 0. The second kappa shape index (κ2) is 5.75. The number of rotatable bonds is 2. The van der Waals surface area contributed by atoms with E-state index in [0.717, 1.165) is 18.4 Å². The van der Waals surface area contributed by atoms with Gasteiger partial charge in [-0.2, -0.15) is 5.10 Å². The maximum Gasteiger partial charge on any atom is 0.289 e. The van der Waals surface area contributed by atoms with Gasteiger partial charge in [0.2, 0.25) is 5.91 Å². The predicted molar refractivity (Wildman–Crippen MR) is 89.9 cm³/mol. The van der Waals surface area contributed by atoms with Crippen LogP contribution in [-0.4, -0.2) is 57.1 Å². The molecule has 0 aromatic carbocycles. The molecule has 2 fully saturated rings. The molecule has 132 valence electrons. The van der Waals surface area contributed by atoms with Gasteiger partial charge in [0.05, 0.1) is 18.0 Å². The van der Waals surface area contributed by atoms with E-state index in [0.29, 0.717) is 25.3 Å². The highest BCUT2D eigenvalue weighted by molar-refractivity contribution is 5.91. The lowest BCUT2D eigenvalue weighted by Crippen LogP contribution is -2.55. The van der Waals surface area contributed by atoms with E-state index in [1.54, 1.807) is 16.8 Å². The highest BCUT2D eigenvalue weighted by Crippen LogP contribution is 2.48. The van der Waals surface area contributed by atoms with Gasteiger partial charge in [0, 0.05) is 45.7 Å². The van der Waals surface area contributed by atoms with E-state index >= 15 is 0 Å². The van der Waals surface area contributed by atoms with Gasteiger partial charge < -0.3 is 14.2 Å². The fourth-order valence-corrected chi connectivity index (χ4v) is 4.37. The van der Waals surface area contributed by atoms with Crippen molar-refractivity contribution in [3.05, 3.63) is 42.1 Å². The summed E-state index contributed by atoms with van der Waals surface area (Å²) < 4.78 is 7.01. The lowest BCUT2D eigenvalue weighted by atomic mass is 9.74. The molecular formula is C18H22N4O3. The van der Waals surface area contributed by atoms with Gasteiger partial charge in [-0.05, 0) is 30.5 Å². The Kier molecular flexibility index (Phi) is 3.67. The van der Waals surface area contributed by atoms with Gasteiger partial charge in [0.25, 0.3) is 5.91 Å². The van der Waals surface area contributed by atoms with Crippen LogP contribution in [0.2, 0.25) is 0 Å². The molecule has 1 atom stereocenters. The zero-order valence-corrected chi connectivity index (χ0v) is 14.5. The second-order valence-corrected chi connectivity index (χ2v) is 7.03. The molecule has 2 amide bonds. The largest absolute Gasteiger partial charge is 0.459 e. The first-order valence-electron chi connectivity index (χ1n) is 8.59. The van der Waals surface area contributed by atoms with Crippen LogP contribution in [0, 0.1) is 0 Å². The lowest BCUT2D eigenvalue weighted by molar-refractivity contribution is -0.130. The Morgan fingerprint density at radius 3 is 2.68 bits per heavy atom. The molecule has 4 rings (SSSR count). The number of piperidine rings is 1. The summed E-state index contributed by atoms with van der Waals surface area (Å²) in [5.74, 6) is 0.583. The van der Waals surface area contributed by atoms with Gasteiger partial charge in [0.1, 0.15) is 0 Å². The normalized spacial score (nSPS) is 22.8. The standard InChI is InChI=1S/C18H22N4O3/c1-20-12-13(11-19-20)14-10-16(23)21(2)18(14)5-7-22(8-6-18)17(24)15-4-3-9-25-15/h3-4,9,11-12,14H,5-8,10H2,1-2H3. The molecule has 1 unspecified atom stereocenters. The highest BCUT2D eigenvalue weighted by Gasteiger charge is 2.53. The van der Waals surface area contributed by atoms with Crippen LogP contribution in [0.25, 0.3) is 0 Å². The van der Waals surface area contributed by atoms with Crippen LogP contribution in [0.15, 0.2) is 35.2 Å². The third-order valence-electron chi connectivity index (χ3n) is 5.85. The topological polar surface area (TPSA) is 71.6 Å². The smallest absolute Gasteiger partial charge is 0.289 e. The minimum atomic E-state index is -0.236. The van der Waals surface area contributed by atoms with Gasteiger partial charge in [-0.1, -0.05) is 0 Å². The molecule has 2 saturated heterocycles. The Morgan fingerprint density at radius 1 is 1.32 bits per heavy atom. The van der Waals surface area contributed by atoms with E-state index in [4.69, 9.17) is 4.42 Å². The average molecular weight is 342 g/mol. The van der Waals surface area contributed by atoms with Crippen LogP contribution in [0.4, 0.5) is 0 Å². The number of hydrogen-bond acceptors (Lipinski definition) is 4. The number of likely N-dealkylation sites (N-methyl/N-ethyl adjacent to an activating group) is 1. The Morgan fingerprint density at radius 2 is 2.08 bits per heavy atom. The highest BCUT2D eigenvalue weighted by atomic mass is 16.3. The zero-order chi connectivity index (χ0) is 17.6. The van der Waals surface area contributed by atoms with E-state index in [1.807, 2.05) is 36.3 Å². The first-order chi connectivity index (χ1) is 12.0. The van der Waals surface area contributed by atoms with E-state index in [-0.39, 0.29) is 23.3 Å². The molecule has 25 heavy (non-hydrogen) atoms. The van der Waals surface area contributed by atoms with Crippen LogP contribution < -0.4 is 0 Å². The lowest BCUT2D eigenvalue weighted by Gasteiger charge is -2.46. The van der Waals surface area contributed by atoms with E-state index in [2.05, 4.69) is 5.10 Å². The molecule has 7 nitrogen and oxygen atoms in total. The van der Waals surface area contributed by atoms with Crippen molar-refractivity contribution in [1.29, 1.82) is 0 Å². The molecule has 0 N–H and O–H groups in total. The van der Waals surface area contributed by atoms with Crippen LogP contribution in [-0.2, 0) is 11.8 Å². The van der Waals surface area contributed by atoms with Crippen molar-refractivity contribution in [2.45, 2.75) is 30.7 Å². The first-order valence-corrected chi connectivity index (χ1v) is 8.59. The summed E-state index contributed by atoms with van der Waals surface area (Å²) in [6.45, 7) is 1.24. The SMILES string of the molecule is CN1C(=O)CC(c2cnn(C)c2)C12CCN(C(=O)c1ccco1)CC2. The van der Waals surface area contributed by atoms with Crippen LogP contribution in [0.5, 0.6) is 0 Å². The Bertz CT molecular complexity index is 787. The van der Waals surface area contributed by atoms with E-state index < -0.39 is 0 Å². The number of aryl methyl sites for hydroxylation is 1. The number of nitrogens with zero attached hydrogens (tertiary/aromatic N) is 4. The summed E-state index contributed by atoms with van der Waals surface area (Å²) in [4.78, 5) is 28.7. The molecule has 0 saturated carbocycles. The fourth-order valence-electron chi connectivity index (χ4n) is 4.37. The van der Waals surface area contributed by atoms with Gasteiger partial charge >= 0.3 is 0 Å². The minimum absolute atomic E-state index is 0.0789. The van der Waals surface area contributed by atoms with Gasteiger partial charge in [-0.3, -0.25) is 14.3 Å². The minimum Gasteiger partial charge on any atom is -0.459 e. The molecule has 0 bridgehead atoms. The summed E-state index contributed by atoms with van der Waals surface area (Å²) >= 11 is 0. The summed E-state index contributed by atoms with van der Waals surface area (Å²) in [6.07, 6.45) is 7.41. The monoisotopic (exact) mass is 342 g/mol. The van der Waals surface area contributed by atoms with Crippen molar-refractivity contribution < 1.29 is 14.0 Å². The molecule has 4 heterocycles. The van der Waals surface area contributed by atoms with E-state index in [9.17, 15) is 9.59 Å². The maximum atomic E-state index is 12.5. The average Bonchev–Trinajstić information content (AvgIpc) is 3.33. The van der Waals surface area contributed by atoms with Crippen LogP contribution in [0.1, 0.15) is 41.3 Å². The predicted octanol–water partition coefficient (Wildman–Crippen LogP) is 1.63. The molecular weight excluding hydrogens is 320 g/mol. The summed E-state index contributed by atoms with van der Waals surface area (Å²) in [6, 6.07) is 3.41. The van der Waals surface area contributed by atoms with Gasteiger partial charge in [-0.15, -0.1) is 0 Å². The number of carbonyl (C=O) groups excluding carboxylic acids is 2. The fraction of sp³-hybridized carbons (Fsp3) is 0.500. The van der Waals surface area contributed by atoms with Gasteiger partial charge in [-0.25, -0.2) is 0 Å². The Labute approximate surface area is 146 Å². The van der Waals surface area contributed by atoms with Gasteiger partial charge in [0.15, 0.2) is 5.76 Å². The first kappa shape index (κ1) is 15.9. The molecule has 1 spiro atoms. The van der Waals surface area contributed by atoms with E-state index in [1.165, 1.54) is 6.26 Å². The number of amides is 2. The third-order valence-corrected chi connectivity index (χ3v) is 5.85. The summed E-state index contributed by atoms with van der Waals surface area (Å²) in [7, 11) is 3.78. The number of aromatic nitrogens is 2. The van der Waals surface area contributed by atoms with Crippen molar-refractivity contribution >= 4 is 11.8 Å². The van der Waals surface area contributed by atoms with Crippen LogP contribution >= 0.6 is 0 Å². The number of likely N-dealkylation sites (tertiary alicyclic amines) is 2. The van der Waals surface area contributed by atoms with Crippen molar-refractivity contribution in [2.24, 2.45) is 7.05 Å². The molecule has 0 aliphatic carbocycles. The van der Waals surface area contributed by atoms with Crippen molar-refractivity contribution in [2.75, 3.05) is 20.1 Å². The Balaban J connectivity index is 1.56. The number of carbonyl (C=O) groups is 2. The molecule has 2 aromatic heterocycles. The van der Waals surface area contributed by atoms with Crippen LogP contribution in [0.3, 0.4) is 0 Å². The summed E-state index contributed by atoms with van der Waals surface area (Å²) in [5.41, 5.74) is 0.867. The molecule has 2 aliphatic rings.